The number of aliphatic hydroxyl groups excluding tert-OH is 1. The number of ketones is 2. The lowest BCUT2D eigenvalue weighted by molar-refractivity contribution is -0.136. The largest absolute Gasteiger partial charge is 0.501 e. The van der Waals surface area contributed by atoms with Crippen LogP contribution >= 0.6 is 0 Å². The predicted octanol–water partition coefficient (Wildman–Crippen LogP) is 2.27. The SMILES string of the molecule is NC(=O)N(CCC(=O)O)c1ccc(OC2=C(O)C(=O)c3ccccc3C2=O)cc1. The van der Waals surface area contributed by atoms with Crippen molar-refractivity contribution in [3.63, 3.8) is 0 Å². The van der Waals surface area contributed by atoms with Gasteiger partial charge < -0.3 is 20.7 Å². The maximum atomic E-state index is 12.6. The number of amides is 2. The zero-order valence-corrected chi connectivity index (χ0v) is 15.0. The van der Waals surface area contributed by atoms with Gasteiger partial charge in [-0.1, -0.05) is 24.3 Å². The van der Waals surface area contributed by atoms with E-state index in [0.717, 1.165) is 4.90 Å². The van der Waals surface area contributed by atoms with E-state index in [0.29, 0.717) is 5.69 Å². The van der Waals surface area contributed by atoms with E-state index in [-0.39, 0.29) is 29.8 Å². The molecule has 2 amide bonds. The quantitative estimate of drug-likeness (QED) is 0.678. The molecule has 3 rings (SSSR count). The molecular weight excluding hydrogens is 380 g/mol. The van der Waals surface area contributed by atoms with E-state index in [1.807, 2.05) is 0 Å². The molecule has 0 atom stereocenters. The Labute approximate surface area is 164 Å². The summed E-state index contributed by atoms with van der Waals surface area (Å²) < 4.78 is 5.43. The van der Waals surface area contributed by atoms with Crippen molar-refractivity contribution in [3.8, 4) is 5.75 Å². The van der Waals surface area contributed by atoms with Gasteiger partial charge in [-0.15, -0.1) is 0 Å². The lowest BCUT2D eigenvalue weighted by Crippen LogP contribution is -2.37. The van der Waals surface area contributed by atoms with Crippen LogP contribution in [0.1, 0.15) is 27.1 Å². The van der Waals surface area contributed by atoms with Gasteiger partial charge in [0.2, 0.25) is 23.1 Å². The third-order valence-corrected chi connectivity index (χ3v) is 4.24. The number of urea groups is 1. The van der Waals surface area contributed by atoms with E-state index in [2.05, 4.69) is 0 Å². The zero-order chi connectivity index (χ0) is 21.1. The normalized spacial score (nSPS) is 13.1. The minimum absolute atomic E-state index is 0.0910. The summed E-state index contributed by atoms with van der Waals surface area (Å²) in [5.41, 5.74) is 5.81. The number of fused-ring (bicyclic) bond motifs is 1. The number of Topliss-reactive ketones (excluding diaryl/α,β-unsaturated/α-hetero) is 2. The predicted molar refractivity (Wildman–Crippen MR) is 101 cm³/mol. The third-order valence-electron chi connectivity index (χ3n) is 4.24. The molecule has 0 aromatic heterocycles. The highest BCUT2D eigenvalue weighted by Gasteiger charge is 2.34. The molecule has 2 aromatic carbocycles. The first-order valence-corrected chi connectivity index (χ1v) is 8.48. The molecule has 0 saturated heterocycles. The molecule has 0 heterocycles. The molecule has 4 N–H and O–H groups in total. The fourth-order valence-electron chi connectivity index (χ4n) is 2.82. The maximum absolute atomic E-state index is 12.6. The number of nitrogens with two attached hydrogens (primary N) is 1. The fraction of sp³-hybridized carbons (Fsp3) is 0.100. The Morgan fingerprint density at radius 2 is 1.55 bits per heavy atom. The minimum atomic E-state index is -1.08. The van der Waals surface area contributed by atoms with Crippen LogP contribution in [-0.4, -0.2) is 40.3 Å². The number of hydrogen-bond acceptors (Lipinski definition) is 6. The van der Waals surface area contributed by atoms with Crippen LogP contribution in [0.3, 0.4) is 0 Å². The second kappa shape index (κ2) is 7.85. The van der Waals surface area contributed by atoms with Crippen molar-refractivity contribution in [2.45, 2.75) is 6.42 Å². The number of anilines is 1. The summed E-state index contributed by atoms with van der Waals surface area (Å²) >= 11 is 0. The van der Waals surface area contributed by atoms with Gasteiger partial charge in [-0.3, -0.25) is 19.3 Å². The van der Waals surface area contributed by atoms with Gasteiger partial charge >= 0.3 is 12.0 Å². The Morgan fingerprint density at radius 1 is 0.966 bits per heavy atom. The minimum Gasteiger partial charge on any atom is -0.501 e. The number of carbonyl (C=O) groups is 4. The molecule has 0 spiro atoms. The third kappa shape index (κ3) is 3.93. The van der Waals surface area contributed by atoms with E-state index in [1.165, 1.54) is 36.4 Å². The van der Waals surface area contributed by atoms with Crippen LogP contribution in [0.2, 0.25) is 0 Å². The Bertz CT molecular complexity index is 1040. The Morgan fingerprint density at radius 3 is 2.10 bits per heavy atom. The number of ether oxygens (including phenoxy) is 1. The topological polar surface area (TPSA) is 147 Å². The maximum Gasteiger partial charge on any atom is 0.319 e. The molecule has 0 aliphatic heterocycles. The molecule has 1 aliphatic rings. The van der Waals surface area contributed by atoms with Gasteiger partial charge in [0.15, 0.2) is 0 Å². The van der Waals surface area contributed by atoms with Crippen molar-refractivity contribution < 1.29 is 34.1 Å². The smallest absolute Gasteiger partial charge is 0.319 e. The molecule has 2 aromatic rings. The van der Waals surface area contributed by atoms with Gasteiger partial charge in [0.25, 0.3) is 0 Å². The average molecular weight is 396 g/mol. The number of aliphatic carboxylic acids is 1. The molecule has 148 valence electrons. The lowest BCUT2D eigenvalue weighted by atomic mass is 9.92. The molecular formula is C20H16N2O7. The first kappa shape index (κ1) is 19.6. The fourth-order valence-corrected chi connectivity index (χ4v) is 2.82. The monoisotopic (exact) mass is 396 g/mol. The molecule has 0 bridgehead atoms. The first-order valence-electron chi connectivity index (χ1n) is 8.48. The van der Waals surface area contributed by atoms with Crippen LogP contribution in [0.4, 0.5) is 10.5 Å². The molecule has 1 aliphatic carbocycles. The number of aliphatic hydroxyl groups is 1. The number of allylic oxidation sites excluding steroid dienone is 2. The molecule has 0 unspecified atom stereocenters. The number of rotatable bonds is 6. The summed E-state index contributed by atoms with van der Waals surface area (Å²) in [4.78, 5) is 48.2. The van der Waals surface area contributed by atoms with Crippen LogP contribution in [0.5, 0.6) is 5.75 Å². The van der Waals surface area contributed by atoms with E-state index in [4.69, 9.17) is 15.6 Å². The Balaban J connectivity index is 1.83. The van der Waals surface area contributed by atoms with Crippen molar-refractivity contribution in [2.75, 3.05) is 11.4 Å². The first-order chi connectivity index (χ1) is 13.8. The summed E-state index contributed by atoms with van der Waals surface area (Å²) in [7, 11) is 0. The highest BCUT2D eigenvalue weighted by atomic mass is 16.5. The standard InChI is InChI=1S/C20H16N2O7/c21-20(28)22(10-9-15(23)24)11-5-7-12(8-6-11)29-19-17(26)14-4-2-1-3-13(14)16(25)18(19)27/h1-8,27H,9-10H2,(H2,21,28)(H,23,24). The van der Waals surface area contributed by atoms with Crippen LogP contribution in [0, 0.1) is 0 Å². The van der Waals surface area contributed by atoms with Crippen molar-refractivity contribution in [1.29, 1.82) is 0 Å². The molecule has 0 fully saturated rings. The summed E-state index contributed by atoms with van der Waals surface area (Å²) in [6, 6.07) is 10.9. The zero-order valence-electron chi connectivity index (χ0n) is 15.0. The second-order valence-electron chi connectivity index (χ2n) is 6.11. The lowest BCUT2D eigenvalue weighted by Gasteiger charge is -2.20. The van der Waals surface area contributed by atoms with Gasteiger partial charge in [0.1, 0.15) is 5.75 Å². The van der Waals surface area contributed by atoms with E-state index in [9.17, 15) is 24.3 Å². The van der Waals surface area contributed by atoms with Gasteiger partial charge in [-0.25, -0.2) is 4.79 Å². The Kier molecular flexibility index (Phi) is 5.31. The molecule has 0 saturated carbocycles. The summed E-state index contributed by atoms with van der Waals surface area (Å²) in [6.45, 7) is -0.124. The summed E-state index contributed by atoms with van der Waals surface area (Å²) in [5.74, 6) is -3.61. The van der Waals surface area contributed by atoms with Gasteiger partial charge in [-0.05, 0) is 24.3 Å². The van der Waals surface area contributed by atoms with E-state index in [1.54, 1.807) is 12.1 Å². The highest BCUT2D eigenvalue weighted by molar-refractivity contribution is 6.25. The van der Waals surface area contributed by atoms with Crippen molar-refractivity contribution in [3.05, 3.63) is 71.2 Å². The highest BCUT2D eigenvalue weighted by Crippen LogP contribution is 2.28. The summed E-state index contributed by atoms with van der Waals surface area (Å²) in [6.07, 6.45) is -0.294. The number of carbonyl (C=O) groups excluding carboxylic acids is 3. The van der Waals surface area contributed by atoms with Gasteiger partial charge in [-0.2, -0.15) is 0 Å². The van der Waals surface area contributed by atoms with Crippen LogP contribution in [0.25, 0.3) is 0 Å². The number of carboxylic acid groups (broad SMARTS) is 1. The van der Waals surface area contributed by atoms with E-state index >= 15 is 0 Å². The molecule has 0 radical (unpaired) electrons. The Hall–Kier alpha value is -4.14. The molecule has 9 nitrogen and oxygen atoms in total. The van der Waals surface area contributed by atoms with Gasteiger partial charge in [0.05, 0.1) is 6.42 Å². The second-order valence-corrected chi connectivity index (χ2v) is 6.11. The van der Waals surface area contributed by atoms with Crippen LogP contribution in [-0.2, 0) is 4.79 Å². The molecule has 29 heavy (non-hydrogen) atoms. The van der Waals surface area contributed by atoms with Crippen LogP contribution in [0.15, 0.2) is 60.0 Å². The average Bonchev–Trinajstić information content (AvgIpc) is 2.70. The number of hydrogen-bond donors (Lipinski definition) is 3. The van der Waals surface area contributed by atoms with Crippen molar-refractivity contribution in [2.24, 2.45) is 5.73 Å². The van der Waals surface area contributed by atoms with E-state index < -0.39 is 35.1 Å². The van der Waals surface area contributed by atoms with Crippen molar-refractivity contribution in [1.82, 2.24) is 0 Å². The van der Waals surface area contributed by atoms with Crippen LogP contribution < -0.4 is 15.4 Å². The van der Waals surface area contributed by atoms with Gasteiger partial charge in [0, 0.05) is 23.4 Å². The number of primary amides is 1. The number of benzene rings is 2. The van der Waals surface area contributed by atoms with Crippen molar-refractivity contribution >= 4 is 29.3 Å². The number of nitrogens with zero attached hydrogens (tertiary/aromatic N) is 1. The molecule has 9 heteroatoms. The number of carboxylic acids is 1. The summed E-state index contributed by atoms with van der Waals surface area (Å²) in [5, 5.41) is 18.9.